The van der Waals surface area contributed by atoms with Gasteiger partial charge in [0.1, 0.15) is 0 Å². The van der Waals surface area contributed by atoms with Crippen molar-refractivity contribution >= 4 is 5.91 Å². The van der Waals surface area contributed by atoms with Gasteiger partial charge in [0.15, 0.2) is 6.29 Å². The zero-order valence-electron chi connectivity index (χ0n) is 23.7. The fourth-order valence-corrected chi connectivity index (χ4v) is 5.29. The van der Waals surface area contributed by atoms with Gasteiger partial charge in [0.2, 0.25) is 5.91 Å². The topological polar surface area (TPSA) is 71.0 Å². The van der Waals surface area contributed by atoms with E-state index >= 15 is 0 Å². The Morgan fingerprint density at radius 1 is 0.829 bits per heavy atom. The van der Waals surface area contributed by atoms with E-state index < -0.39 is 6.29 Å². The molecule has 4 aromatic carbocycles. The fourth-order valence-electron chi connectivity index (χ4n) is 5.29. The van der Waals surface area contributed by atoms with E-state index in [1.54, 1.807) is 0 Å². The van der Waals surface area contributed by atoms with E-state index in [4.69, 9.17) is 9.47 Å². The van der Waals surface area contributed by atoms with Gasteiger partial charge in [-0.2, -0.15) is 0 Å². The Hall–Kier alpha value is -3.81. The van der Waals surface area contributed by atoms with Crippen molar-refractivity contribution in [2.75, 3.05) is 13.6 Å². The summed E-state index contributed by atoms with van der Waals surface area (Å²) in [5.41, 5.74) is 7.36. The molecule has 0 spiro atoms. The summed E-state index contributed by atoms with van der Waals surface area (Å²) in [7, 11) is 2.13. The third kappa shape index (κ3) is 7.90. The minimum atomic E-state index is -0.524. The van der Waals surface area contributed by atoms with Crippen LogP contribution in [0.25, 0.3) is 11.1 Å². The minimum Gasteiger partial charge on any atom is -0.392 e. The fraction of sp³-hybridized carbons (Fsp3) is 0.286. The second-order valence-corrected chi connectivity index (χ2v) is 10.8. The van der Waals surface area contributed by atoms with Gasteiger partial charge in [0.05, 0.1) is 18.8 Å². The first-order chi connectivity index (χ1) is 20.0. The average Bonchev–Trinajstić information content (AvgIpc) is 3.00. The number of hydrogen-bond acceptors (Lipinski definition) is 5. The molecule has 6 heteroatoms. The number of nitrogens with zero attached hydrogens (tertiary/aromatic N) is 1. The Balaban J connectivity index is 1.37. The molecule has 5 rings (SSSR count). The van der Waals surface area contributed by atoms with Gasteiger partial charge in [0, 0.05) is 38.5 Å². The lowest BCUT2D eigenvalue weighted by atomic mass is 9.98. The molecule has 6 nitrogen and oxygen atoms in total. The summed E-state index contributed by atoms with van der Waals surface area (Å²) in [5.74, 6) is -0.0477. The first-order valence-electron chi connectivity index (χ1n) is 14.1. The lowest BCUT2D eigenvalue weighted by molar-refractivity contribution is -0.252. The van der Waals surface area contributed by atoms with Crippen molar-refractivity contribution in [3.63, 3.8) is 0 Å². The summed E-state index contributed by atoms with van der Waals surface area (Å²) in [6.45, 7) is 3.64. The predicted octanol–water partition coefficient (Wildman–Crippen LogP) is 6.16. The molecule has 212 valence electrons. The highest BCUT2D eigenvalue weighted by atomic mass is 16.7. The van der Waals surface area contributed by atoms with Crippen molar-refractivity contribution in [2.24, 2.45) is 0 Å². The van der Waals surface area contributed by atoms with Gasteiger partial charge in [-0.3, -0.25) is 9.69 Å². The third-order valence-electron chi connectivity index (χ3n) is 7.39. The Morgan fingerprint density at radius 3 is 2.27 bits per heavy atom. The second-order valence-electron chi connectivity index (χ2n) is 10.8. The lowest BCUT2D eigenvalue weighted by Gasteiger charge is -2.38. The van der Waals surface area contributed by atoms with Crippen LogP contribution in [0.4, 0.5) is 0 Å². The highest BCUT2D eigenvalue weighted by Crippen LogP contribution is 2.39. The Bertz CT molecular complexity index is 1420. The van der Waals surface area contributed by atoms with Gasteiger partial charge in [-0.15, -0.1) is 0 Å². The Labute approximate surface area is 242 Å². The van der Waals surface area contributed by atoms with Crippen molar-refractivity contribution in [3.05, 3.63) is 131 Å². The normalized spacial score (nSPS) is 18.8. The Morgan fingerprint density at radius 2 is 1.54 bits per heavy atom. The van der Waals surface area contributed by atoms with E-state index in [-0.39, 0.29) is 24.7 Å². The van der Waals surface area contributed by atoms with Gasteiger partial charge < -0.3 is 19.9 Å². The first-order valence-corrected chi connectivity index (χ1v) is 14.1. The van der Waals surface area contributed by atoms with Crippen LogP contribution in [0.2, 0.25) is 0 Å². The molecule has 1 aliphatic heterocycles. The smallest absolute Gasteiger partial charge is 0.217 e. The molecule has 2 N–H and O–H groups in total. The maximum Gasteiger partial charge on any atom is 0.217 e. The number of aliphatic hydroxyl groups is 1. The molecule has 1 fully saturated rings. The summed E-state index contributed by atoms with van der Waals surface area (Å²) >= 11 is 0. The molecular formula is C35H38N2O4. The number of carbonyl (C=O) groups is 1. The van der Waals surface area contributed by atoms with Crippen LogP contribution in [-0.2, 0) is 34.0 Å². The van der Waals surface area contributed by atoms with Crippen LogP contribution in [0.3, 0.4) is 0 Å². The molecule has 0 bridgehead atoms. The molecule has 0 radical (unpaired) electrons. The maximum absolute atomic E-state index is 11.4. The maximum atomic E-state index is 11.4. The number of rotatable bonds is 10. The quantitative estimate of drug-likeness (QED) is 0.248. The van der Waals surface area contributed by atoms with E-state index in [2.05, 4.69) is 71.9 Å². The number of aliphatic hydroxyl groups excluding tert-OH is 1. The molecular weight excluding hydrogens is 512 g/mol. The van der Waals surface area contributed by atoms with Crippen molar-refractivity contribution in [3.8, 4) is 11.1 Å². The molecule has 1 heterocycles. The molecule has 1 saturated heterocycles. The zero-order valence-corrected chi connectivity index (χ0v) is 23.7. The number of carbonyl (C=O) groups excluding carboxylic acids is 1. The molecule has 1 amide bonds. The summed E-state index contributed by atoms with van der Waals surface area (Å²) in [5, 5.41) is 12.4. The first kappa shape index (κ1) is 28.7. The largest absolute Gasteiger partial charge is 0.392 e. The van der Waals surface area contributed by atoms with Gasteiger partial charge >= 0.3 is 0 Å². The number of nitrogens with one attached hydrogen (secondary N) is 1. The molecule has 0 aliphatic carbocycles. The van der Waals surface area contributed by atoms with E-state index in [1.807, 2.05) is 48.5 Å². The standard InChI is InChI=1S/C35H38N2O4/c1-25(39)36-21-28-10-6-11-30(18-28)31-12-7-13-32(19-31)35-40-33(23-37(2)22-26-8-4-3-5-9-26)20-34(41-35)29-16-14-27(24-38)15-17-29/h3-19,33-35,38H,20-24H2,1-2H3,(H,36,39)/t33-,34+,35+/m0/s1. The SMILES string of the molecule is CC(=O)NCc1cccc(-c2cccc([C@@H]3O[C@H](CN(C)Cc4ccccc4)C[C@H](c4ccc(CO)cc4)O3)c2)c1. The molecule has 41 heavy (non-hydrogen) atoms. The van der Waals surface area contributed by atoms with Gasteiger partial charge in [-0.1, -0.05) is 91.0 Å². The molecule has 3 atom stereocenters. The Kier molecular flexibility index (Phi) is 9.59. The predicted molar refractivity (Wildman–Crippen MR) is 161 cm³/mol. The molecule has 1 aliphatic rings. The molecule has 0 saturated carbocycles. The van der Waals surface area contributed by atoms with E-state index in [1.165, 1.54) is 12.5 Å². The number of benzene rings is 4. The van der Waals surface area contributed by atoms with Gasteiger partial charge in [-0.05, 0) is 52.6 Å². The second kappa shape index (κ2) is 13.7. The highest BCUT2D eigenvalue weighted by molar-refractivity contribution is 5.73. The number of likely N-dealkylation sites (N-methyl/N-ethyl adjacent to an activating group) is 1. The van der Waals surface area contributed by atoms with Crippen molar-refractivity contribution in [1.82, 2.24) is 10.2 Å². The van der Waals surface area contributed by atoms with Crippen LogP contribution in [0.5, 0.6) is 0 Å². The minimum absolute atomic E-state index is 0.0171. The van der Waals surface area contributed by atoms with E-state index in [0.29, 0.717) is 6.54 Å². The zero-order chi connectivity index (χ0) is 28.6. The lowest BCUT2D eigenvalue weighted by Crippen LogP contribution is -2.37. The monoisotopic (exact) mass is 550 g/mol. The summed E-state index contributed by atoms with van der Waals surface area (Å²) in [4.78, 5) is 13.7. The van der Waals surface area contributed by atoms with Crippen LogP contribution in [0, 0.1) is 0 Å². The molecule has 4 aromatic rings. The average molecular weight is 551 g/mol. The van der Waals surface area contributed by atoms with Crippen molar-refractivity contribution < 1.29 is 19.4 Å². The van der Waals surface area contributed by atoms with Crippen molar-refractivity contribution in [1.29, 1.82) is 0 Å². The third-order valence-corrected chi connectivity index (χ3v) is 7.39. The van der Waals surface area contributed by atoms with Crippen LogP contribution in [-0.4, -0.2) is 35.6 Å². The van der Waals surface area contributed by atoms with Crippen LogP contribution < -0.4 is 5.32 Å². The molecule has 0 aromatic heterocycles. The highest BCUT2D eigenvalue weighted by Gasteiger charge is 2.33. The molecule has 0 unspecified atom stereocenters. The van der Waals surface area contributed by atoms with Gasteiger partial charge in [0.25, 0.3) is 0 Å². The van der Waals surface area contributed by atoms with Crippen LogP contribution in [0.15, 0.2) is 103 Å². The van der Waals surface area contributed by atoms with Crippen molar-refractivity contribution in [2.45, 2.75) is 51.5 Å². The number of hydrogen-bond donors (Lipinski definition) is 2. The number of ether oxygens (including phenoxy) is 2. The summed E-state index contributed by atoms with van der Waals surface area (Å²) < 4.78 is 13.2. The van der Waals surface area contributed by atoms with Gasteiger partial charge in [-0.25, -0.2) is 0 Å². The summed E-state index contributed by atoms with van der Waals surface area (Å²) in [6.07, 6.45) is 0.0405. The van der Waals surface area contributed by atoms with Crippen LogP contribution >= 0.6 is 0 Å². The number of amides is 1. The van der Waals surface area contributed by atoms with E-state index in [9.17, 15) is 9.90 Å². The summed E-state index contributed by atoms with van der Waals surface area (Å²) in [6, 6.07) is 35.0. The van der Waals surface area contributed by atoms with E-state index in [0.717, 1.165) is 52.9 Å². The van der Waals surface area contributed by atoms with Crippen LogP contribution in [0.1, 0.15) is 53.6 Å².